The standard InChI is InChI=1S/C35H37N3O4/c39-34(36-30-15-17-33(18-16-30)42-32-9-5-2-6-10-32)26-38(24-19-27-7-3-1-4-8-27)31-20-22-37(23-21-31)25-28-11-13-29(14-12-28)35(40)41/h1-18,31H,19-26H2,(H,36,39)(H,40,41). The Morgan fingerprint density at radius 1 is 0.786 bits per heavy atom. The number of carbonyl (C=O) groups excluding carboxylic acids is 1. The lowest BCUT2D eigenvalue weighted by molar-refractivity contribution is -0.118. The molecule has 0 aliphatic carbocycles. The highest BCUT2D eigenvalue weighted by Crippen LogP contribution is 2.23. The fraction of sp³-hybridized carbons (Fsp3) is 0.257. The first-order valence-corrected chi connectivity index (χ1v) is 14.5. The van der Waals surface area contributed by atoms with Crippen LogP contribution in [0.1, 0.15) is 34.3 Å². The molecular weight excluding hydrogens is 526 g/mol. The van der Waals surface area contributed by atoms with Crippen LogP contribution in [0.5, 0.6) is 11.5 Å². The van der Waals surface area contributed by atoms with E-state index < -0.39 is 5.97 Å². The van der Waals surface area contributed by atoms with E-state index in [2.05, 4.69) is 39.4 Å². The molecule has 1 fully saturated rings. The van der Waals surface area contributed by atoms with Gasteiger partial charge in [0.2, 0.25) is 5.91 Å². The lowest BCUT2D eigenvalue weighted by atomic mass is 10.0. The molecule has 4 aromatic rings. The number of carboxylic acid groups (broad SMARTS) is 1. The number of piperidine rings is 1. The van der Waals surface area contributed by atoms with E-state index in [1.165, 1.54) is 5.56 Å². The molecule has 1 aliphatic rings. The zero-order valence-corrected chi connectivity index (χ0v) is 23.7. The van der Waals surface area contributed by atoms with Gasteiger partial charge in [-0.3, -0.25) is 14.6 Å². The van der Waals surface area contributed by atoms with Gasteiger partial charge in [0.1, 0.15) is 11.5 Å². The van der Waals surface area contributed by atoms with Crippen molar-refractivity contribution in [3.8, 4) is 11.5 Å². The number of benzene rings is 4. The first-order chi connectivity index (χ1) is 20.5. The number of carbonyl (C=O) groups is 2. The summed E-state index contributed by atoms with van der Waals surface area (Å²) in [6.07, 6.45) is 2.83. The SMILES string of the molecule is O=C(CN(CCc1ccccc1)C1CCN(Cc2ccc(C(=O)O)cc2)CC1)Nc1ccc(Oc2ccccc2)cc1. The molecule has 2 N–H and O–H groups in total. The van der Waals surface area contributed by atoms with Crippen LogP contribution in [0.4, 0.5) is 5.69 Å². The summed E-state index contributed by atoms with van der Waals surface area (Å²) in [5.74, 6) is 0.551. The molecule has 216 valence electrons. The summed E-state index contributed by atoms with van der Waals surface area (Å²) in [7, 11) is 0. The van der Waals surface area contributed by atoms with Gasteiger partial charge >= 0.3 is 5.97 Å². The van der Waals surface area contributed by atoms with Gasteiger partial charge in [0.15, 0.2) is 0 Å². The molecule has 5 rings (SSSR count). The molecule has 42 heavy (non-hydrogen) atoms. The maximum Gasteiger partial charge on any atom is 0.335 e. The van der Waals surface area contributed by atoms with Gasteiger partial charge in [-0.2, -0.15) is 0 Å². The third kappa shape index (κ3) is 8.52. The summed E-state index contributed by atoms with van der Waals surface area (Å²) < 4.78 is 5.87. The summed E-state index contributed by atoms with van der Waals surface area (Å²) in [5.41, 5.74) is 3.42. The fourth-order valence-corrected chi connectivity index (χ4v) is 5.38. The topological polar surface area (TPSA) is 82.1 Å². The summed E-state index contributed by atoms with van der Waals surface area (Å²) in [5, 5.41) is 12.2. The van der Waals surface area contributed by atoms with Gasteiger partial charge in [-0.25, -0.2) is 4.79 Å². The number of ether oxygens (including phenoxy) is 1. The minimum absolute atomic E-state index is 0.0271. The number of nitrogens with zero attached hydrogens (tertiary/aromatic N) is 2. The normalized spacial score (nSPS) is 14.0. The van der Waals surface area contributed by atoms with Crippen LogP contribution in [-0.4, -0.2) is 59.0 Å². The first kappa shape index (κ1) is 29.0. The predicted octanol–water partition coefficient (Wildman–Crippen LogP) is 6.32. The maximum atomic E-state index is 13.2. The van der Waals surface area contributed by atoms with Crippen LogP contribution >= 0.6 is 0 Å². The smallest absolute Gasteiger partial charge is 0.335 e. The number of nitrogens with one attached hydrogen (secondary N) is 1. The van der Waals surface area contributed by atoms with Crippen molar-refractivity contribution in [1.82, 2.24) is 9.80 Å². The molecule has 0 aromatic heterocycles. The van der Waals surface area contributed by atoms with Gasteiger partial charge in [0.05, 0.1) is 12.1 Å². The highest BCUT2D eigenvalue weighted by Gasteiger charge is 2.26. The van der Waals surface area contributed by atoms with Crippen molar-refractivity contribution in [3.63, 3.8) is 0 Å². The summed E-state index contributed by atoms with van der Waals surface area (Å²) in [6.45, 7) is 3.79. The van der Waals surface area contributed by atoms with Crippen molar-refractivity contribution >= 4 is 17.6 Å². The molecule has 1 saturated heterocycles. The Balaban J connectivity index is 1.16. The molecule has 1 amide bonds. The molecule has 7 heteroatoms. The average molecular weight is 564 g/mol. The van der Waals surface area contributed by atoms with Crippen LogP contribution in [-0.2, 0) is 17.8 Å². The lowest BCUT2D eigenvalue weighted by Crippen LogP contribution is -2.47. The summed E-state index contributed by atoms with van der Waals surface area (Å²) in [4.78, 5) is 29.1. The van der Waals surface area contributed by atoms with E-state index in [-0.39, 0.29) is 5.91 Å². The van der Waals surface area contributed by atoms with Crippen LogP contribution in [0.15, 0.2) is 109 Å². The monoisotopic (exact) mass is 563 g/mol. The number of rotatable bonds is 12. The van der Waals surface area contributed by atoms with E-state index in [0.29, 0.717) is 23.9 Å². The van der Waals surface area contributed by atoms with E-state index in [1.807, 2.05) is 72.8 Å². The third-order valence-electron chi connectivity index (χ3n) is 7.67. The molecule has 0 saturated carbocycles. The van der Waals surface area contributed by atoms with Gasteiger partial charge in [0.25, 0.3) is 0 Å². The zero-order valence-electron chi connectivity index (χ0n) is 23.7. The number of carboxylic acids is 1. The van der Waals surface area contributed by atoms with E-state index in [0.717, 1.165) is 62.4 Å². The summed E-state index contributed by atoms with van der Waals surface area (Å²) >= 11 is 0. The number of hydrogen-bond acceptors (Lipinski definition) is 5. The van der Waals surface area contributed by atoms with Gasteiger partial charge in [-0.1, -0.05) is 60.7 Å². The van der Waals surface area contributed by atoms with Crippen molar-refractivity contribution in [3.05, 3.63) is 126 Å². The van der Waals surface area contributed by atoms with Crippen LogP contribution in [0.2, 0.25) is 0 Å². The molecule has 0 bridgehead atoms. The van der Waals surface area contributed by atoms with Crippen LogP contribution < -0.4 is 10.1 Å². The number of anilines is 1. The van der Waals surface area contributed by atoms with Crippen LogP contribution in [0.25, 0.3) is 0 Å². The number of amides is 1. The number of hydrogen-bond donors (Lipinski definition) is 2. The predicted molar refractivity (Wildman–Crippen MR) is 165 cm³/mol. The van der Waals surface area contributed by atoms with Gasteiger partial charge in [0, 0.05) is 24.8 Å². The van der Waals surface area contributed by atoms with E-state index in [1.54, 1.807) is 12.1 Å². The first-order valence-electron chi connectivity index (χ1n) is 14.5. The van der Waals surface area contributed by atoms with E-state index in [9.17, 15) is 9.59 Å². The number of para-hydroxylation sites is 1. The van der Waals surface area contributed by atoms with E-state index in [4.69, 9.17) is 9.84 Å². The van der Waals surface area contributed by atoms with Crippen molar-refractivity contribution in [2.45, 2.75) is 31.8 Å². The van der Waals surface area contributed by atoms with Gasteiger partial charge in [-0.15, -0.1) is 0 Å². The highest BCUT2D eigenvalue weighted by atomic mass is 16.5. The Hall–Kier alpha value is -4.46. The Bertz CT molecular complexity index is 1420. The van der Waals surface area contributed by atoms with Crippen molar-refractivity contribution in [2.24, 2.45) is 0 Å². The van der Waals surface area contributed by atoms with Crippen LogP contribution in [0.3, 0.4) is 0 Å². The molecule has 7 nitrogen and oxygen atoms in total. The molecule has 1 heterocycles. The van der Waals surface area contributed by atoms with Crippen LogP contribution in [0, 0.1) is 0 Å². The Morgan fingerprint density at radius 2 is 1.40 bits per heavy atom. The molecule has 0 radical (unpaired) electrons. The Kier molecular flexibility index (Phi) is 9.98. The second-order valence-corrected chi connectivity index (χ2v) is 10.7. The second kappa shape index (κ2) is 14.4. The van der Waals surface area contributed by atoms with E-state index >= 15 is 0 Å². The largest absolute Gasteiger partial charge is 0.478 e. The lowest BCUT2D eigenvalue weighted by Gasteiger charge is -2.38. The second-order valence-electron chi connectivity index (χ2n) is 10.7. The average Bonchev–Trinajstić information content (AvgIpc) is 3.02. The molecule has 0 unspecified atom stereocenters. The minimum Gasteiger partial charge on any atom is -0.478 e. The Labute approximate surface area is 247 Å². The molecular formula is C35H37N3O4. The van der Waals surface area contributed by atoms with Crippen molar-refractivity contribution in [1.29, 1.82) is 0 Å². The molecule has 1 aliphatic heterocycles. The zero-order chi connectivity index (χ0) is 29.1. The number of aromatic carboxylic acids is 1. The quantitative estimate of drug-likeness (QED) is 0.210. The molecule has 0 spiro atoms. The summed E-state index contributed by atoms with van der Waals surface area (Å²) in [6, 6.07) is 34.9. The third-order valence-corrected chi connectivity index (χ3v) is 7.67. The molecule has 4 aromatic carbocycles. The Morgan fingerprint density at radius 3 is 2.05 bits per heavy atom. The fourth-order valence-electron chi connectivity index (χ4n) is 5.38. The van der Waals surface area contributed by atoms with Crippen molar-refractivity contribution in [2.75, 3.05) is 31.5 Å². The van der Waals surface area contributed by atoms with Gasteiger partial charge < -0.3 is 15.2 Å². The number of likely N-dealkylation sites (tertiary alicyclic amines) is 1. The van der Waals surface area contributed by atoms with Crippen molar-refractivity contribution < 1.29 is 19.4 Å². The van der Waals surface area contributed by atoms with Gasteiger partial charge in [-0.05, 0) is 92.0 Å². The maximum absolute atomic E-state index is 13.2. The molecule has 0 atom stereocenters. The highest BCUT2D eigenvalue weighted by molar-refractivity contribution is 5.92. The minimum atomic E-state index is -0.906.